The van der Waals surface area contributed by atoms with Gasteiger partial charge in [-0.3, -0.25) is 0 Å². The fourth-order valence-corrected chi connectivity index (χ4v) is 2.18. The summed E-state index contributed by atoms with van der Waals surface area (Å²) in [6.07, 6.45) is 2.71. The van der Waals surface area contributed by atoms with E-state index in [0.29, 0.717) is 25.1 Å². The SMILES string of the molecule is CC1(C(=O)O)CCCN1C(=O)NCc1ccco1. The third kappa shape index (κ3) is 2.18. The third-order valence-electron chi connectivity index (χ3n) is 3.34. The van der Waals surface area contributed by atoms with Crippen molar-refractivity contribution >= 4 is 12.0 Å². The Kier molecular flexibility index (Phi) is 3.27. The van der Waals surface area contributed by atoms with Gasteiger partial charge in [0.25, 0.3) is 0 Å². The molecule has 0 spiro atoms. The van der Waals surface area contributed by atoms with E-state index >= 15 is 0 Å². The normalized spacial score (nSPS) is 23.1. The number of nitrogens with zero attached hydrogens (tertiary/aromatic N) is 1. The van der Waals surface area contributed by atoms with Crippen LogP contribution in [0.3, 0.4) is 0 Å². The van der Waals surface area contributed by atoms with Crippen LogP contribution in [0, 0.1) is 0 Å². The Bertz CT molecular complexity index is 443. The second kappa shape index (κ2) is 4.72. The van der Waals surface area contributed by atoms with Crippen molar-refractivity contribution in [1.82, 2.24) is 10.2 Å². The fourth-order valence-electron chi connectivity index (χ4n) is 2.18. The molecule has 0 saturated carbocycles. The van der Waals surface area contributed by atoms with Crippen molar-refractivity contribution in [2.75, 3.05) is 6.54 Å². The Morgan fingerprint density at radius 2 is 2.39 bits per heavy atom. The predicted octanol–water partition coefficient (Wildman–Crippen LogP) is 1.43. The summed E-state index contributed by atoms with van der Waals surface area (Å²) in [6, 6.07) is 3.12. The number of rotatable bonds is 3. The van der Waals surface area contributed by atoms with Crippen molar-refractivity contribution in [3.63, 3.8) is 0 Å². The average Bonchev–Trinajstić information content (AvgIpc) is 2.95. The predicted molar refractivity (Wildman–Crippen MR) is 62.9 cm³/mol. The van der Waals surface area contributed by atoms with Gasteiger partial charge in [0.05, 0.1) is 12.8 Å². The van der Waals surface area contributed by atoms with Gasteiger partial charge in [-0.05, 0) is 31.9 Å². The molecule has 6 heteroatoms. The maximum Gasteiger partial charge on any atom is 0.329 e. The lowest BCUT2D eigenvalue weighted by molar-refractivity contribution is -0.147. The molecule has 0 aromatic carbocycles. The van der Waals surface area contributed by atoms with Gasteiger partial charge in [-0.15, -0.1) is 0 Å². The van der Waals surface area contributed by atoms with Gasteiger partial charge in [0.1, 0.15) is 11.3 Å². The van der Waals surface area contributed by atoms with E-state index in [1.165, 1.54) is 11.2 Å². The minimum Gasteiger partial charge on any atom is -0.480 e. The summed E-state index contributed by atoms with van der Waals surface area (Å²) in [6.45, 7) is 2.31. The lowest BCUT2D eigenvalue weighted by Gasteiger charge is -2.31. The van der Waals surface area contributed by atoms with Crippen LogP contribution in [-0.2, 0) is 11.3 Å². The molecule has 18 heavy (non-hydrogen) atoms. The van der Waals surface area contributed by atoms with Gasteiger partial charge in [-0.25, -0.2) is 9.59 Å². The quantitative estimate of drug-likeness (QED) is 0.852. The maximum atomic E-state index is 12.0. The number of urea groups is 1. The van der Waals surface area contributed by atoms with Gasteiger partial charge < -0.3 is 19.7 Å². The number of aliphatic carboxylic acids is 1. The van der Waals surface area contributed by atoms with Crippen molar-refractivity contribution in [3.05, 3.63) is 24.2 Å². The molecule has 2 amide bonds. The van der Waals surface area contributed by atoms with Gasteiger partial charge in [0.15, 0.2) is 0 Å². The molecule has 1 aliphatic rings. The lowest BCUT2D eigenvalue weighted by atomic mass is 10.00. The number of carbonyl (C=O) groups excluding carboxylic acids is 1. The molecule has 0 aliphatic carbocycles. The van der Waals surface area contributed by atoms with Crippen LogP contribution in [0.15, 0.2) is 22.8 Å². The number of nitrogens with one attached hydrogen (secondary N) is 1. The summed E-state index contributed by atoms with van der Waals surface area (Å²) in [7, 11) is 0. The first-order valence-electron chi connectivity index (χ1n) is 5.85. The van der Waals surface area contributed by atoms with Crippen molar-refractivity contribution in [2.24, 2.45) is 0 Å². The maximum absolute atomic E-state index is 12.0. The summed E-state index contributed by atoms with van der Waals surface area (Å²) in [4.78, 5) is 24.6. The first-order valence-corrected chi connectivity index (χ1v) is 5.85. The number of amides is 2. The number of furan rings is 1. The molecule has 1 unspecified atom stereocenters. The van der Waals surface area contributed by atoms with Gasteiger partial charge in [-0.1, -0.05) is 0 Å². The summed E-state index contributed by atoms with van der Waals surface area (Å²) < 4.78 is 5.10. The number of hydrogen-bond donors (Lipinski definition) is 2. The van der Waals surface area contributed by atoms with Crippen molar-refractivity contribution in [1.29, 1.82) is 0 Å². The standard InChI is InChI=1S/C12H16N2O4/c1-12(10(15)16)5-3-6-14(12)11(17)13-8-9-4-2-7-18-9/h2,4,7H,3,5-6,8H2,1H3,(H,13,17)(H,15,16). The van der Waals surface area contributed by atoms with Crippen LogP contribution in [0.2, 0.25) is 0 Å². The van der Waals surface area contributed by atoms with E-state index in [-0.39, 0.29) is 12.6 Å². The fraction of sp³-hybridized carbons (Fsp3) is 0.500. The molecule has 1 saturated heterocycles. The van der Waals surface area contributed by atoms with E-state index in [4.69, 9.17) is 4.42 Å². The summed E-state index contributed by atoms with van der Waals surface area (Å²) in [5.74, 6) is -0.326. The molecule has 2 N–H and O–H groups in total. The molecular formula is C12H16N2O4. The van der Waals surface area contributed by atoms with Gasteiger partial charge in [0, 0.05) is 6.54 Å². The highest BCUT2D eigenvalue weighted by molar-refractivity contribution is 5.86. The van der Waals surface area contributed by atoms with E-state index in [1.807, 2.05) is 0 Å². The first-order chi connectivity index (χ1) is 8.54. The molecular weight excluding hydrogens is 236 g/mol. The molecule has 1 aliphatic heterocycles. The zero-order chi connectivity index (χ0) is 13.2. The minimum atomic E-state index is -1.10. The van der Waals surface area contributed by atoms with Crippen molar-refractivity contribution in [3.8, 4) is 0 Å². The highest BCUT2D eigenvalue weighted by atomic mass is 16.4. The summed E-state index contributed by atoms with van der Waals surface area (Å²) >= 11 is 0. The zero-order valence-corrected chi connectivity index (χ0v) is 10.2. The first kappa shape index (κ1) is 12.5. The molecule has 98 valence electrons. The molecule has 0 bridgehead atoms. The molecule has 0 radical (unpaired) electrons. The van der Waals surface area contributed by atoms with Crippen LogP contribution < -0.4 is 5.32 Å². The van der Waals surface area contributed by atoms with Crippen LogP contribution in [0.4, 0.5) is 4.79 Å². The Morgan fingerprint density at radius 3 is 3.00 bits per heavy atom. The molecule has 1 atom stereocenters. The number of likely N-dealkylation sites (tertiary alicyclic amines) is 1. The van der Waals surface area contributed by atoms with Crippen molar-refractivity contribution in [2.45, 2.75) is 31.8 Å². The molecule has 1 aromatic rings. The smallest absolute Gasteiger partial charge is 0.329 e. The monoisotopic (exact) mass is 252 g/mol. The van der Waals surface area contributed by atoms with Crippen LogP contribution in [0.1, 0.15) is 25.5 Å². The lowest BCUT2D eigenvalue weighted by Crippen LogP contribution is -2.53. The second-order valence-electron chi connectivity index (χ2n) is 4.57. The van der Waals surface area contributed by atoms with Crippen LogP contribution in [0.5, 0.6) is 0 Å². The Morgan fingerprint density at radius 1 is 1.61 bits per heavy atom. The van der Waals surface area contributed by atoms with Crippen molar-refractivity contribution < 1.29 is 19.1 Å². The molecule has 1 fully saturated rings. The topological polar surface area (TPSA) is 82.8 Å². The Balaban J connectivity index is 1.98. The van der Waals surface area contributed by atoms with Gasteiger partial charge >= 0.3 is 12.0 Å². The molecule has 2 rings (SSSR count). The highest BCUT2D eigenvalue weighted by Crippen LogP contribution is 2.29. The van der Waals surface area contributed by atoms with E-state index in [9.17, 15) is 14.7 Å². The summed E-state index contributed by atoms with van der Waals surface area (Å²) in [5, 5.41) is 11.9. The second-order valence-corrected chi connectivity index (χ2v) is 4.57. The van der Waals surface area contributed by atoms with Gasteiger partial charge in [0.2, 0.25) is 0 Å². The van der Waals surface area contributed by atoms with Crippen LogP contribution in [-0.4, -0.2) is 34.1 Å². The Labute approximate surface area is 105 Å². The minimum absolute atomic E-state index is 0.262. The van der Waals surface area contributed by atoms with Crippen LogP contribution in [0.25, 0.3) is 0 Å². The highest BCUT2D eigenvalue weighted by Gasteiger charge is 2.45. The third-order valence-corrected chi connectivity index (χ3v) is 3.34. The van der Waals surface area contributed by atoms with Crippen LogP contribution >= 0.6 is 0 Å². The molecule has 2 heterocycles. The van der Waals surface area contributed by atoms with E-state index < -0.39 is 11.5 Å². The average molecular weight is 252 g/mol. The number of carbonyl (C=O) groups is 2. The zero-order valence-electron chi connectivity index (χ0n) is 10.2. The largest absolute Gasteiger partial charge is 0.480 e. The number of hydrogen-bond acceptors (Lipinski definition) is 3. The van der Waals surface area contributed by atoms with Gasteiger partial charge in [-0.2, -0.15) is 0 Å². The number of carboxylic acid groups (broad SMARTS) is 1. The molecule has 1 aromatic heterocycles. The molecule has 6 nitrogen and oxygen atoms in total. The van der Waals surface area contributed by atoms with E-state index in [1.54, 1.807) is 19.1 Å². The summed E-state index contributed by atoms with van der Waals surface area (Å²) in [5.41, 5.74) is -1.10. The van der Waals surface area contributed by atoms with E-state index in [0.717, 1.165) is 0 Å². The van der Waals surface area contributed by atoms with E-state index in [2.05, 4.69) is 5.32 Å². The Hall–Kier alpha value is -1.98. The number of carboxylic acids is 1.